The van der Waals surface area contributed by atoms with Crippen molar-refractivity contribution in [2.45, 2.75) is 19.8 Å². The maximum absolute atomic E-state index is 12.8. The summed E-state index contributed by atoms with van der Waals surface area (Å²) in [6.07, 6.45) is 3.64. The van der Waals surface area contributed by atoms with E-state index in [0.29, 0.717) is 27.1 Å². The van der Waals surface area contributed by atoms with E-state index < -0.39 is 0 Å². The van der Waals surface area contributed by atoms with Crippen LogP contribution >= 0.6 is 24.0 Å². The van der Waals surface area contributed by atoms with Crippen LogP contribution in [-0.2, 0) is 9.53 Å². The lowest BCUT2D eigenvalue weighted by Crippen LogP contribution is -2.27. The van der Waals surface area contributed by atoms with Gasteiger partial charge in [0.1, 0.15) is 0 Å². The van der Waals surface area contributed by atoms with Gasteiger partial charge in [-0.15, -0.1) is 0 Å². The topological polar surface area (TPSA) is 46.6 Å². The van der Waals surface area contributed by atoms with E-state index >= 15 is 0 Å². The molecule has 0 atom stereocenters. The van der Waals surface area contributed by atoms with Crippen molar-refractivity contribution in [2.24, 2.45) is 0 Å². The van der Waals surface area contributed by atoms with Gasteiger partial charge in [-0.05, 0) is 42.3 Å². The van der Waals surface area contributed by atoms with Gasteiger partial charge in [-0.1, -0.05) is 67.7 Å². The number of ether oxygens (including phenoxy) is 1. The molecule has 1 saturated heterocycles. The van der Waals surface area contributed by atoms with Gasteiger partial charge in [-0.3, -0.25) is 9.69 Å². The molecule has 0 saturated carbocycles. The molecular weight excluding hydrogens is 378 g/mol. The molecule has 138 valence electrons. The van der Waals surface area contributed by atoms with Crippen molar-refractivity contribution >= 4 is 51.9 Å². The predicted molar refractivity (Wildman–Crippen MR) is 114 cm³/mol. The molecule has 1 amide bonds. The third-order valence-electron chi connectivity index (χ3n) is 3.98. The molecule has 0 aromatic heterocycles. The van der Waals surface area contributed by atoms with Crippen molar-refractivity contribution in [2.75, 3.05) is 11.5 Å². The van der Waals surface area contributed by atoms with Gasteiger partial charge in [0.2, 0.25) is 0 Å². The van der Waals surface area contributed by atoms with Gasteiger partial charge in [0.05, 0.1) is 22.8 Å². The third-order valence-corrected chi connectivity index (χ3v) is 5.29. The predicted octanol–water partition coefficient (Wildman–Crippen LogP) is 5.05. The Hall–Kier alpha value is -2.44. The zero-order valence-electron chi connectivity index (χ0n) is 14.9. The highest BCUT2D eigenvalue weighted by atomic mass is 32.2. The molecule has 1 aliphatic heterocycles. The molecule has 0 radical (unpaired) electrons. The fraction of sp³-hybridized carbons (Fsp3) is 0.190. The molecular formula is C21H19NO3S2. The van der Waals surface area contributed by atoms with Gasteiger partial charge in [0.25, 0.3) is 5.91 Å². The standard InChI is InChI=1S/C21H19NO3S2/c1-2-3-13-25-20(24)16-9-11-17(12-10-16)22-19(23)18(27-21(22)26)14-15-7-5-4-6-8-15/h4-12,14H,2-3,13H2,1H3/b18-14-. The Morgan fingerprint density at radius 2 is 1.85 bits per heavy atom. The fourth-order valence-corrected chi connectivity index (χ4v) is 3.83. The van der Waals surface area contributed by atoms with E-state index in [1.54, 1.807) is 24.3 Å². The largest absolute Gasteiger partial charge is 0.462 e. The summed E-state index contributed by atoms with van der Waals surface area (Å²) in [5, 5.41) is 0. The summed E-state index contributed by atoms with van der Waals surface area (Å²) in [7, 11) is 0. The number of thiocarbonyl (C=S) groups is 1. The third kappa shape index (κ3) is 4.64. The van der Waals surface area contributed by atoms with E-state index in [0.717, 1.165) is 18.4 Å². The SMILES string of the molecule is CCCCOC(=O)c1ccc(N2C(=O)/C(=C/c3ccccc3)SC2=S)cc1. The molecule has 0 aliphatic carbocycles. The minimum absolute atomic E-state index is 0.160. The zero-order chi connectivity index (χ0) is 19.2. The first-order valence-electron chi connectivity index (χ1n) is 8.70. The van der Waals surface area contributed by atoms with Crippen LogP contribution in [0.25, 0.3) is 6.08 Å². The number of hydrogen-bond donors (Lipinski definition) is 0. The average molecular weight is 398 g/mol. The van der Waals surface area contributed by atoms with Crippen LogP contribution in [-0.4, -0.2) is 22.8 Å². The van der Waals surface area contributed by atoms with Crippen molar-refractivity contribution in [3.63, 3.8) is 0 Å². The molecule has 4 nitrogen and oxygen atoms in total. The smallest absolute Gasteiger partial charge is 0.338 e. The summed E-state index contributed by atoms with van der Waals surface area (Å²) < 4.78 is 5.67. The van der Waals surface area contributed by atoms with Crippen LogP contribution in [0.1, 0.15) is 35.7 Å². The van der Waals surface area contributed by atoms with Crippen LogP contribution in [0, 0.1) is 0 Å². The van der Waals surface area contributed by atoms with Gasteiger partial charge < -0.3 is 4.74 Å². The molecule has 0 spiro atoms. The number of rotatable bonds is 6. The maximum Gasteiger partial charge on any atom is 0.338 e. The lowest BCUT2D eigenvalue weighted by molar-refractivity contribution is -0.113. The van der Waals surface area contributed by atoms with Crippen molar-refractivity contribution < 1.29 is 14.3 Å². The molecule has 1 fully saturated rings. The first kappa shape index (κ1) is 19.3. The van der Waals surface area contributed by atoms with Crippen molar-refractivity contribution in [1.82, 2.24) is 0 Å². The maximum atomic E-state index is 12.8. The first-order valence-corrected chi connectivity index (χ1v) is 9.93. The van der Waals surface area contributed by atoms with E-state index in [1.807, 2.05) is 43.3 Å². The number of benzene rings is 2. The summed E-state index contributed by atoms with van der Waals surface area (Å²) in [5.41, 5.74) is 2.04. The molecule has 0 N–H and O–H groups in total. The van der Waals surface area contributed by atoms with Crippen LogP contribution in [0.15, 0.2) is 59.5 Å². The quantitative estimate of drug-likeness (QED) is 0.295. The number of esters is 1. The number of carbonyl (C=O) groups excluding carboxylic acids is 2. The highest BCUT2D eigenvalue weighted by Gasteiger charge is 2.33. The Morgan fingerprint density at radius 1 is 1.15 bits per heavy atom. The second-order valence-corrected chi connectivity index (χ2v) is 7.64. The molecule has 2 aromatic carbocycles. The Bertz CT molecular complexity index is 876. The monoisotopic (exact) mass is 397 g/mol. The van der Waals surface area contributed by atoms with Crippen LogP contribution in [0.3, 0.4) is 0 Å². The van der Waals surface area contributed by atoms with E-state index in [2.05, 4.69) is 0 Å². The molecule has 1 heterocycles. The Morgan fingerprint density at radius 3 is 2.52 bits per heavy atom. The number of anilines is 1. The average Bonchev–Trinajstić information content (AvgIpc) is 2.96. The number of amides is 1. The van der Waals surface area contributed by atoms with E-state index in [1.165, 1.54) is 16.7 Å². The van der Waals surface area contributed by atoms with E-state index in [-0.39, 0.29) is 11.9 Å². The number of nitrogens with zero attached hydrogens (tertiary/aromatic N) is 1. The lowest BCUT2D eigenvalue weighted by atomic mass is 10.2. The molecule has 0 unspecified atom stereocenters. The van der Waals surface area contributed by atoms with E-state index in [4.69, 9.17) is 17.0 Å². The highest BCUT2D eigenvalue weighted by molar-refractivity contribution is 8.27. The Labute approximate surface area is 168 Å². The molecule has 27 heavy (non-hydrogen) atoms. The lowest BCUT2D eigenvalue weighted by Gasteiger charge is -2.14. The van der Waals surface area contributed by atoms with Gasteiger partial charge in [-0.25, -0.2) is 4.79 Å². The van der Waals surface area contributed by atoms with Gasteiger partial charge in [0.15, 0.2) is 4.32 Å². The summed E-state index contributed by atoms with van der Waals surface area (Å²) >= 11 is 6.66. The first-order chi connectivity index (χ1) is 13.1. The zero-order valence-corrected chi connectivity index (χ0v) is 16.5. The van der Waals surface area contributed by atoms with Crippen LogP contribution < -0.4 is 4.90 Å². The van der Waals surface area contributed by atoms with E-state index in [9.17, 15) is 9.59 Å². The number of unbranched alkanes of at least 4 members (excludes halogenated alkanes) is 1. The molecule has 1 aliphatic rings. The van der Waals surface area contributed by atoms with Gasteiger partial charge in [-0.2, -0.15) is 0 Å². The minimum atomic E-state index is -0.357. The second-order valence-electron chi connectivity index (χ2n) is 5.96. The summed E-state index contributed by atoms with van der Waals surface area (Å²) in [4.78, 5) is 26.8. The number of thioether (sulfide) groups is 1. The minimum Gasteiger partial charge on any atom is -0.462 e. The molecule has 3 rings (SSSR count). The van der Waals surface area contributed by atoms with Crippen molar-refractivity contribution in [3.8, 4) is 0 Å². The van der Waals surface area contributed by atoms with Crippen molar-refractivity contribution in [3.05, 3.63) is 70.6 Å². The normalized spacial score (nSPS) is 15.4. The Balaban J connectivity index is 1.74. The second kappa shape index (κ2) is 8.97. The van der Waals surface area contributed by atoms with Gasteiger partial charge >= 0.3 is 5.97 Å². The van der Waals surface area contributed by atoms with Crippen LogP contribution in [0.5, 0.6) is 0 Å². The number of hydrogen-bond acceptors (Lipinski definition) is 5. The number of carbonyl (C=O) groups is 2. The Kier molecular flexibility index (Phi) is 6.42. The molecule has 6 heteroatoms. The van der Waals surface area contributed by atoms with Crippen molar-refractivity contribution in [1.29, 1.82) is 0 Å². The van der Waals surface area contributed by atoms with Crippen LogP contribution in [0.4, 0.5) is 5.69 Å². The highest BCUT2D eigenvalue weighted by Crippen LogP contribution is 2.36. The van der Waals surface area contributed by atoms with Crippen LogP contribution in [0.2, 0.25) is 0 Å². The fourth-order valence-electron chi connectivity index (χ4n) is 2.53. The molecule has 2 aromatic rings. The summed E-state index contributed by atoms with van der Waals surface area (Å²) in [6.45, 7) is 2.45. The summed E-state index contributed by atoms with van der Waals surface area (Å²) in [6, 6.07) is 16.4. The molecule has 0 bridgehead atoms. The summed E-state index contributed by atoms with van der Waals surface area (Å²) in [5.74, 6) is -0.517. The van der Waals surface area contributed by atoms with Gasteiger partial charge in [0, 0.05) is 0 Å².